The van der Waals surface area contributed by atoms with Crippen LogP contribution < -0.4 is 4.74 Å². The summed E-state index contributed by atoms with van der Waals surface area (Å²) in [5.41, 5.74) is 0.0262. The number of likely N-dealkylation sites (tertiary alicyclic amines) is 1. The third-order valence-corrected chi connectivity index (χ3v) is 11.9. The smallest absolute Gasteiger partial charge is 0.508 e. The van der Waals surface area contributed by atoms with Crippen molar-refractivity contribution in [2.75, 3.05) is 0 Å². The van der Waals surface area contributed by atoms with Crippen LogP contribution in [0.4, 0.5) is 13.2 Å². The highest BCUT2D eigenvalue weighted by Crippen LogP contribution is 2.64. The van der Waals surface area contributed by atoms with Gasteiger partial charge in [0, 0.05) is 29.0 Å². The van der Waals surface area contributed by atoms with E-state index in [-0.39, 0.29) is 53.4 Å². The average molecular weight is 696 g/mol. The number of benzene rings is 3. The van der Waals surface area contributed by atoms with Crippen LogP contribution in [0.1, 0.15) is 67.6 Å². The molecule has 4 aliphatic carbocycles. The highest BCUT2D eigenvalue weighted by atomic mass is 19.4. The van der Waals surface area contributed by atoms with Gasteiger partial charge in [0.2, 0.25) is 11.8 Å². The predicted molar refractivity (Wildman–Crippen MR) is 180 cm³/mol. The van der Waals surface area contributed by atoms with Gasteiger partial charge < -0.3 is 9.84 Å². The third-order valence-electron chi connectivity index (χ3n) is 11.9. The second-order valence-corrected chi connectivity index (χ2v) is 14.4. The fourth-order valence-corrected chi connectivity index (χ4v) is 9.90. The Hall–Kier alpha value is -4.99. The number of Topliss-reactive ketones (excluding diaryl/α,β-unsaturated/α-hetero) is 1. The summed E-state index contributed by atoms with van der Waals surface area (Å²) in [6.07, 6.45) is 2.66. The van der Waals surface area contributed by atoms with E-state index in [0.717, 1.165) is 50.3 Å². The maximum absolute atomic E-state index is 15.1. The molecule has 6 atom stereocenters. The molecule has 0 spiro atoms. The van der Waals surface area contributed by atoms with Crippen molar-refractivity contribution in [2.45, 2.75) is 68.7 Å². The van der Waals surface area contributed by atoms with Gasteiger partial charge in [-0.1, -0.05) is 91.6 Å². The Kier molecular flexibility index (Phi) is 8.03. The molecule has 0 bridgehead atoms. The van der Waals surface area contributed by atoms with E-state index >= 15 is 4.79 Å². The minimum Gasteiger partial charge on any atom is -0.508 e. The van der Waals surface area contributed by atoms with Gasteiger partial charge in [-0.2, -0.15) is 0 Å². The molecule has 1 N–H and O–H groups in total. The van der Waals surface area contributed by atoms with Gasteiger partial charge in [-0.3, -0.25) is 24.1 Å². The maximum Gasteiger partial charge on any atom is 0.573 e. The summed E-state index contributed by atoms with van der Waals surface area (Å²) in [6.45, 7) is 0. The summed E-state index contributed by atoms with van der Waals surface area (Å²) >= 11 is 0. The molecule has 1 aliphatic heterocycles. The molecule has 1 heterocycles. The van der Waals surface area contributed by atoms with Crippen LogP contribution in [0.2, 0.25) is 0 Å². The Bertz CT molecular complexity index is 1980. The molecule has 3 aromatic rings. The molecule has 1 saturated heterocycles. The van der Waals surface area contributed by atoms with Gasteiger partial charge in [0.25, 0.3) is 0 Å². The number of rotatable bonds is 5. The van der Waals surface area contributed by atoms with Crippen LogP contribution in [0.5, 0.6) is 11.5 Å². The van der Waals surface area contributed by atoms with Gasteiger partial charge in [-0.25, -0.2) is 0 Å². The molecule has 2 amide bonds. The number of imide groups is 1. The Morgan fingerprint density at radius 3 is 2.20 bits per heavy atom. The number of hydrogen-bond donors (Lipinski definition) is 1. The van der Waals surface area contributed by atoms with E-state index in [1.54, 1.807) is 60.7 Å². The van der Waals surface area contributed by atoms with Crippen molar-refractivity contribution in [3.05, 3.63) is 113 Å². The molecule has 6 unspecified atom stereocenters. The lowest BCUT2D eigenvalue weighted by atomic mass is 9.44. The molecule has 0 radical (unpaired) electrons. The quantitative estimate of drug-likeness (QED) is 0.220. The second-order valence-electron chi connectivity index (χ2n) is 14.4. The Balaban J connectivity index is 1.36. The Morgan fingerprint density at radius 1 is 0.824 bits per heavy atom. The number of aromatic hydroxyl groups is 1. The zero-order chi connectivity index (χ0) is 35.7. The lowest BCUT2D eigenvalue weighted by molar-refractivity contribution is -0.274. The standard InChI is InChI=1S/C41H36F3NO6/c42-41(43,44)51-26-16-19-33(46)31(20-26)36-27-17-18-28-35(39(50)45(38(28)49)25-14-8-3-9-15-25)30(27)21-32-37(48)29(23-10-4-1-5-11-23)22-34(47)40(32,36)24-12-6-2-7-13-24/h1-2,4-7,10-13,16-17,19-20,22,25,28,30,32,35-36,46H,3,8-9,14-15,18,21H2. The van der Waals surface area contributed by atoms with Gasteiger partial charge in [0.15, 0.2) is 11.6 Å². The van der Waals surface area contributed by atoms with Crippen molar-refractivity contribution in [1.82, 2.24) is 4.90 Å². The second kappa shape index (κ2) is 12.4. The zero-order valence-corrected chi connectivity index (χ0v) is 27.6. The van der Waals surface area contributed by atoms with E-state index in [9.17, 15) is 32.7 Å². The van der Waals surface area contributed by atoms with Crippen molar-refractivity contribution >= 4 is 29.0 Å². The first-order chi connectivity index (χ1) is 24.5. The molecule has 3 aromatic carbocycles. The van der Waals surface area contributed by atoms with E-state index in [0.29, 0.717) is 16.7 Å². The first-order valence-electron chi connectivity index (χ1n) is 17.6. The molecule has 0 aromatic heterocycles. The van der Waals surface area contributed by atoms with Crippen LogP contribution in [0.15, 0.2) is 96.6 Å². The molecular formula is C41H36F3NO6. The molecule has 7 nitrogen and oxygen atoms in total. The summed E-state index contributed by atoms with van der Waals surface area (Å²) < 4.78 is 45.0. The molecule has 5 aliphatic rings. The average Bonchev–Trinajstić information content (AvgIpc) is 3.39. The SMILES string of the molecule is O=C1C(c2ccccc2)=CC(=O)C2(c3ccccc3)C1CC1C(=CCC3C(=O)N(C4CCCCC4)C(=O)C31)C2c1cc(OC(F)(F)F)ccc1O. The Morgan fingerprint density at radius 2 is 1.51 bits per heavy atom. The fraction of sp³-hybridized carbons (Fsp3) is 0.366. The lowest BCUT2D eigenvalue weighted by Gasteiger charge is -2.55. The van der Waals surface area contributed by atoms with E-state index in [1.807, 2.05) is 6.08 Å². The first kappa shape index (κ1) is 33.2. The number of ketones is 2. The van der Waals surface area contributed by atoms with Crippen LogP contribution in [0, 0.1) is 23.7 Å². The maximum atomic E-state index is 15.1. The van der Waals surface area contributed by atoms with Gasteiger partial charge in [-0.05, 0) is 67.0 Å². The van der Waals surface area contributed by atoms with Crippen LogP contribution in [-0.2, 0) is 24.6 Å². The molecule has 51 heavy (non-hydrogen) atoms. The number of fused-ring (bicyclic) bond motifs is 4. The number of carbonyl (C=O) groups is 4. The molecule has 3 fully saturated rings. The highest BCUT2D eigenvalue weighted by Gasteiger charge is 2.66. The zero-order valence-electron chi connectivity index (χ0n) is 27.6. The highest BCUT2D eigenvalue weighted by molar-refractivity contribution is 6.31. The van der Waals surface area contributed by atoms with Crippen molar-refractivity contribution in [3.8, 4) is 11.5 Å². The molecule has 10 heteroatoms. The number of nitrogens with zero attached hydrogens (tertiary/aromatic N) is 1. The van der Waals surface area contributed by atoms with E-state index in [2.05, 4.69) is 4.74 Å². The summed E-state index contributed by atoms with van der Waals surface area (Å²) in [7, 11) is 0. The number of phenolic OH excluding ortho intramolecular Hbond substituents is 1. The number of carbonyl (C=O) groups excluding carboxylic acids is 4. The third kappa shape index (κ3) is 5.24. The summed E-state index contributed by atoms with van der Waals surface area (Å²) in [5.74, 6) is -6.74. The summed E-state index contributed by atoms with van der Waals surface area (Å²) in [5, 5.41) is 11.5. The number of amides is 2. The van der Waals surface area contributed by atoms with E-state index in [4.69, 9.17) is 0 Å². The lowest BCUT2D eigenvalue weighted by Crippen LogP contribution is -2.58. The monoisotopic (exact) mass is 695 g/mol. The van der Waals surface area contributed by atoms with Crippen molar-refractivity contribution in [1.29, 1.82) is 0 Å². The molecule has 262 valence electrons. The number of allylic oxidation sites excluding steroid dienone is 4. The number of alkyl halides is 3. The van der Waals surface area contributed by atoms with Crippen molar-refractivity contribution in [2.24, 2.45) is 23.7 Å². The van der Waals surface area contributed by atoms with Gasteiger partial charge in [-0.15, -0.1) is 13.2 Å². The number of hydrogen-bond acceptors (Lipinski definition) is 6. The molecular weight excluding hydrogens is 659 g/mol. The van der Waals surface area contributed by atoms with E-state index < -0.39 is 52.9 Å². The molecule has 2 saturated carbocycles. The minimum absolute atomic E-state index is 0.0291. The van der Waals surface area contributed by atoms with Crippen LogP contribution in [0.25, 0.3) is 5.57 Å². The van der Waals surface area contributed by atoms with Gasteiger partial charge >= 0.3 is 6.36 Å². The molecule has 8 rings (SSSR count). The van der Waals surface area contributed by atoms with Crippen molar-refractivity contribution < 1.29 is 42.2 Å². The fourth-order valence-electron chi connectivity index (χ4n) is 9.90. The minimum atomic E-state index is -5.04. The van der Waals surface area contributed by atoms with Crippen LogP contribution >= 0.6 is 0 Å². The predicted octanol–water partition coefficient (Wildman–Crippen LogP) is 7.45. The summed E-state index contributed by atoms with van der Waals surface area (Å²) in [4.78, 5) is 60.0. The Labute approximate surface area is 292 Å². The van der Waals surface area contributed by atoms with Gasteiger partial charge in [0.05, 0.1) is 17.3 Å². The topological polar surface area (TPSA) is 101 Å². The number of halogens is 3. The number of ether oxygens (including phenoxy) is 1. The largest absolute Gasteiger partial charge is 0.573 e. The summed E-state index contributed by atoms with van der Waals surface area (Å²) in [6, 6.07) is 20.4. The van der Waals surface area contributed by atoms with Gasteiger partial charge in [0.1, 0.15) is 11.5 Å². The number of phenols is 1. The van der Waals surface area contributed by atoms with Crippen molar-refractivity contribution in [3.63, 3.8) is 0 Å². The van der Waals surface area contributed by atoms with E-state index in [1.165, 1.54) is 11.0 Å². The van der Waals surface area contributed by atoms with Crippen LogP contribution in [-0.4, -0.2) is 45.8 Å². The first-order valence-corrected chi connectivity index (χ1v) is 17.6. The van der Waals surface area contributed by atoms with Crippen LogP contribution in [0.3, 0.4) is 0 Å². The normalized spacial score (nSPS) is 29.5.